The number of piperidine rings is 1. The Balaban J connectivity index is 1.61. The van der Waals surface area contributed by atoms with E-state index in [0.29, 0.717) is 17.4 Å². The fraction of sp³-hybridized carbons (Fsp3) is 0.577. The van der Waals surface area contributed by atoms with E-state index in [1.54, 1.807) is 0 Å². The zero-order valence-electron chi connectivity index (χ0n) is 19.2. The van der Waals surface area contributed by atoms with Crippen LogP contribution in [-0.4, -0.2) is 41.5 Å². The van der Waals surface area contributed by atoms with Crippen molar-refractivity contribution in [2.45, 2.75) is 59.8 Å². The molecule has 2 atom stereocenters. The van der Waals surface area contributed by atoms with Crippen LogP contribution in [0, 0.1) is 17.3 Å². The SMILES string of the molecule is C[C@@H]1CCCN(C(=O)COC(=O)c2c3c(nc4ccccc24)CC[C@H](C(C)(C)C)C3)C1. The smallest absolute Gasteiger partial charge is 0.339 e. The highest BCUT2D eigenvalue weighted by atomic mass is 16.5. The summed E-state index contributed by atoms with van der Waals surface area (Å²) in [5, 5.41) is 0.819. The molecule has 1 aliphatic carbocycles. The van der Waals surface area contributed by atoms with Gasteiger partial charge in [0.05, 0.1) is 11.1 Å². The van der Waals surface area contributed by atoms with E-state index in [0.717, 1.165) is 67.4 Å². The summed E-state index contributed by atoms with van der Waals surface area (Å²) in [5.74, 6) is 0.479. The van der Waals surface area contributed by atoms with Crippen LogP contribution in [0.1, 0.15) is 68.6 Å². The first-order chi connectivity index (χ1) is 14.7. The van der Waals surface area contributed by atoms with Gasteiger partial charge in [0.2, 0.25) is 0 Å². The van der Waals surface area contributed by atoms with Crippen LogP contribution in [0.5, 0.6) is 0 Å². The molecule has 1 saturated heterocycles. The van der Waals surface area contributed by atoms with Gasteiger partial charge in [-0.15, -0.1) is 0 Å². The molecule has 1 aromatic heterocycles. The number of aromatic nitrogens is 1. The lowest BCUT2D eigenvalue weighted by molar-refractivity contribution is -0.136. The van der Waals surface area contributed by atoms with E-state index >= 15 is 0 Å². The first-order valence-electron chi connectivity index (χ1n) is 11.6. The number of likely N-dealkylation sites (tertiary alicyclic amines) is 1. The number of carbonyl (C=O) groups excluding carboxylic acids is 2. The molecule has 1 fully saturated rings. The standard InChI is InChI=1S/C26H34N2O3/c1-17-8-7-13-28(15-17)23(29)16-31-25(30)24-19-9-5-6-10-21(19)27-22-12-11-18(14-20(22)24)26(2,3)4/h5-6,9-10,17-18H,7-8,11-16H2,1-4H3/t17-,18+/m1/s1. The zero-order valence-corrected chi connectivity index (χ0v) is 19.2. The largest absolute Gasteiger partial charge is 0.452 e. The molecule has 31 heavy (non-hydrogen) atoms. The lowest BCUT2D eigenvalue weighted by atomic mass is 9.70. The van der Waals surface area contributed by atoms with Crippen LogP contribution in [0.25, 0.3) is 10.9 Å². The van der Waals surface area contributed by atoms with Gasteiger partial charge in [0, 0.05) is 24.2 Å². The Morgan fingerprint density at radius 3 is 2.71 bits per heavy atom. The van der Waals surface area contributed by atoms with Gasteiger partial charge in [-0.25, -0.2) is 4.79 Å². The number of pyridine rings is 1. The van der Waals surface area contributed by atoms with Crippen molar-refractivity contribution in [3.8, 4) is 0 Å². The minimum Gasteiger partial charge on any atom is -0.452 e. The molecule has 1 amide bonds. The Kier molecular flexibility index (Phi) is 6.05. The fourth-order valence-electron chi connectivity index (χ4n) is 5.07. The second-order valence-corrected chi connectivity index (χ2v) is 10.4. The van der Waals surface area contributed by atoms with Crippen LogP contribution in [0.4, 0.5) is 0 Å². The highest BCUT2D eigenvalue weighted by Gasteiger charge is 2.33. The Morgan fingerprint density at radius 1 is 1.19 bits per heavy atom. The average Bonchev–Trinajstić information content (AvgIpc) is 2.74. The highest BCUT2D eigenvalue weighted by molar-refractivity contribution is 6.05. The van der Waals surface area contributed by atoms with E-state index in [1.165, 1.54) is 0 Å². The lowest BCUT2D eigenvalue weighted by Gasteiger charge is -2.35. The fourth-order valence-corrected chi connectivity index (χ4v) is 5.07. The Morgan fingerprint density at radius 2 is 1.97 bits per heavy atom. The van der Waals surface area contributed by atoms with Crippen molar-refractivity contribution in [1.29, 1.82) is 0 Å². The Hall–Kier alpha value is -2.43. The summed E-state index contributed by atoms with van der Waals surface area (Å²) in [6.07, 6.45) is 4.92. The summed E-state index contributed by atoms with van der Waals surface area (Å²) < 4.78 is 5.62. The summed E-state index contributed by atoms with van der Waals surface area (Å²) in [5.41, 5.74) is 3.59. The third-order valence-electron chi connectivity index (χ3n) is 7.02. The van der Waals surface area contributed by atoms with Crippen molar-refractivity contribution in [3.63, 3.8) is 0 Å². The predicted octanol–water partition coefficient (Wildman–Crippen LogP) is 4.80. The molecule has 0 unspecified atom stereocenters. The van der Waals surface area contributed by atoms with Crippen LogP contribution >= 0.6 is 0 Å². The molecule has 2 aromatic rings. The second-order valence-electron chi connectivity index (χ2n) is 10.4. The number of esters is 1. The van der Waals surface area contributed by atoms with Crippen LogP contribution < -0.4 is 0 Å². The molecule has 0 bridgehead atoms. The highest BCUT2D eigenvalue weighted by Crippen LogP contribution is 2.39. The number of hydrogen-bond acceptors (Lipinski definition) is 4. The average molecular weight is 423 g/mol. The predicted molar refractivity (Wildman–Crippen MR) is 122 cm³/mol. The van der Waals surface area contributed by atoms with Crippen molar-refractivity contribution >= 4 is 22.8 Å². The molecule has 0 spiro atoms. The Labute approximate surface area is 185 Å². The maximum absolute atomic E-state index is 13.3. The van der Waals surface area contributed by atoms with E-state index in [4.69, 9.17) is 9.72 Å². The molecule has 1 aliphatic heterocycles. The van der Waals surface area contributed by atoms with Gasteiger partial charge in [0.25, 0.3) is 5.91 Å². The summed E-state index contributed by atoms with van der Waals surface area (Å²) in [7, 11) is 0. The quantitative estimate of drug-likeness (QED) is 0.667. The molecule has 0 N–H and O–H groups in total. The van der Waals surface area contributed by atoms with Gasteiger partial charge in [0.15, 0.2) is 6.61 Å². The Bertz CT molecular complexity index is 992. The first-order valence-corrected chi connectivity index (χ1v) is 11.6. The van der Waals surface area contributed by atoms with Crippen LogP contribution in [0.3, 0.4) is 0 Å². The number of nitrogens with zero attached hydrogens (tertiary/aromatic N) is 2. The van der Waals surface area contributed by atoms with E-state index in [9.17, 15) is 9.59 Å². The van der Waals surface area contributed by atoms with E-state index < -0.39 is 5.97 Å². The first kappa shape index (κ1) is 21.8. The lowest BCUT2D eigenvalue weighted by Crippen LogP contribution is -2.41. The number of ether oxygens (including phenoxy) is 1. The maximum Gasteiger partial charge on any atom is 0.339 e. The molecule has 166 valence electrons. The van der Waals surface area contributed by atoms with E-state index in [1.807, 2.05) is 29.2 Å². The second kappa shape index (κ2) is 8.60. The van der Waals surface area contributed by atoms with Crippen molar-refractivity contribution in [3.05, 3.63) is 41.1 Å². The molecule has 5 heteroatoms. The number of fused-ring (bicyclic) bond motifs is 2. The van der Waals surface area contributed by atoms with Crippen LogP contribution in [0.15, 0.2) is 24.3 Å². The molecule has 0 radical (unpaired) electrons. The van der Waals surface area contributed by atoms with E-state index in [-0.39, 0.29) is 17.9 Å². The van der Waals surface area contributed by atoms with Crippen LogP contribution in [0.2, 0.25) is 0 Å². The van der Waals surface area contributed by atoms with Gasteiger partial charge in [-0.1, -0.05) is 45.9 Å². The minimum absolute atomic E-state index is 0.0975. The van der Waals surface area contributed by atoms with Gasteiger partial charge >= 0.3 is 5.97 Å². The molecule has 2 heterocycles. The van der Waals surface area contributed by atoms with Gasteiger partial charge < -0.3 is 9.64 Å². The number of aryl methyl sites for hydroxylation is 1. The molecular formula is C26H34N2O3. The minimum atomic E-state index is -0.400. The van der Waals surface area contributed by atoms with Crippen molar-refractivity contribution in [2.75, 3.05) is 19.7 Å². The number of amides is 1. The van der Waals surface area contributed by atoms with Gasteiger partial charge in [-0.3, -0.25) is 9.78 Å². The summed E-state index contributed by atoms with van der Waals surface area (Å²) in [6, 6.07) is 7.76. The van der Waals surface area contributed by atoms with Crippen molar-refractivity contribution in [2.24, 2.45) is 17.3 Å². The summed E-state index contributed by atoms with van der Waals surface area (Å²) in [4.78, 5) is 32.7. The number of carbonyl (C=O) groups is 2. The number of benzene rings is 1. The van der Waals surface area contributed by atoms with Crippen molar-refractivity contribution in [1.82, 2.24) is 9.88 Å². The molecule has 2 aliphatic rings. The summed E-state index contributed by atoms with van der Waals surface area (Å²) in [6.45, 7) is 10.2. The zero-order chi connectivity index (χ0) is 22.2. The van der Waals surface area contributed by atoms with Gasteiger partial charge in [-0.2, -0.15) is 0 Å². The normalized spacial score (nSPS) is 21.6. The molecule has 1 aromatic carbocycles. The van der Waals surface area contributed by atoms with Crippen molar-refractivity contribution < 1.29 is 14.3 Å². The maximum atomic E-state index is 13.3. The van der Waals surface area contributed by atoms with Gasteiger partial charge in [0.1, 0.15) is 0 Å². The van der Waals surface area contributed by atoms with E-state index in [2.05, 4.69) is 27.7 Å². The topological polar surface area (TPSA) is 59.5 Å². The summed E-state index contributed by atoms with van der Waals surface area (Å²) >= 11 is 0. The number of hydrogen-bond donors (Lipinski definition) is 0. The third-order valence-corrected chi connectivity index (χ3v) is 7.02. The third kappa shape index (κ3) is 4.60. The molecular weight excluding hydrogens is 388 g/mol. The molecule has 0 saturated carbocycles. The number of para-hydroxylation sites is 1. The molecule has 4 rings (SSSR count). The molecule has 5 nitrogen and oxygen atoms in total. The monoisotopic (exact) mass is 422 g/mol. The van der Waals surface area contributed by atoms with Crippen LogP contribution in [-0.2, 0) is 22.4 Å². The van der Waals surface area contributed by atoms with Gasteiger partial charge in [-0.05, 0) is 61.0 Å². The number of rotatable bonds is 3.